The fourth-order valence-electron chi connectivity index (χ4n) is 1.57. The Bertz CT molecular complexity index is 157. The zero-order valence-electron chi connectivity index (χ0n) is 8.34. The maximum atomic E-state index is 11.2. The predicted octanol–water partition coefficient (Wildman–Crippen LogP) is 1.55. The van der Waals surface area contributed by atoms with Crippen molar-refractivity contribution >= 4 is 5.78 Å². The summed E-state index contributed by atoms with van der Waals surface area (Å²) in [6, 6.07) is 0. The third kappa shape index (κ3) is 3.35. The summed E-state index contributed by atoms with van der Waals surface area (Å²) in [5.74, 6) is 1.50. The normalized spacial score (nSPS) is 19.7. The molecular formula is C10H19NO. The molecule has 0 aliphatic heterocycles. The number of carbonyl (C=O) groups is 1. The first kappa shape index (κ1) is 9.72. The second-order valence-electron chi connectivity index (χ2n) is 4.25. The summed E-state index contributed by atoms with van der Waals surface area (Å²) in [6.45, 7) is 2.64. The third-order valence-corrected chi connectivity index (χ3v) is 2.48. The molecule has 0 amide bonds. The molecule has 2 heteroatoms. The molecule has 0 heterocycles. The lowest BCUT2D eigenvalue weighted by molar-refractivity contribution is -0.121. The lowest BCUT2D eigenvalue weighted by Crippen LogP contribution is -2.26. The second kappa shape index (κ2) is 4.04. The molecule has 1 rings (SSSR count). The average molecular weight is 169 g/mol. The molecule has 0 aromatic rings. The van der Waals surface area contributed by atoms with Gasteiger partial charge in [0.05, 0.1) is 0 Å². The van der Waals surface area contributed by atoms with Gasteiger partial charge in [-0.25, -0.2) is 0 Å². The summed E-state index contributed by atoms with van der Waals surface area (Å²) in [5.41, 5.74) is 0. The van der Waals surface area contributed by atoms with Crippen LogP contribution in [0.1, 0.15) is 26.2 Å². The summed E-state index contributed by atoms with van der Waals surface area (Å²) >= 11 is 0. The van der Waals surface area contributed by atoms with E-state index >= 15 is 0 Å². The molecule has 1 aliphatic rings. The van der Waals surface area contributed by atoms with E-state index in [0.29, 0.717) is 5.78 Å². The minimum atomic E-state index is 0.285. The van der Waals surface area contributed by atoms with E-state index in [-0.39, 0.29) is 5.92 Å². The van der Waals surface area contributed by atoms with E-state index in [0.717, 1.165) is 18.9 Å². The fourth-order valence-corrected chi connectivity index (χ4v) is 1.57. The molecule has 1 saturated carbocycles. The van der Waals surface area contributed by atoms with E-state index in [1.807, 2.05) is 14.1 Å². The standard InChI is InChI=1S/C10H19NO/c1-8(12)10(7-11(2)3)6-9-4-5-9/h9-10H,4-7H2,1-3H3. The van der Waals surface area contributed by atoms with Crippen molar-refractivity contribution < 1.29 is 4.79 Å². The van der Waals surface area contributed by atoms with Gasteiger partial charge >= 0.3 is 0 Å². The van der Waals surface area contributed by atoms with Crippen LogP contribution in [0.5, 0.6) is 0 Å². The van der Waals surface area contributed by atoms with E-state index < -0.39 is 0 Å². The molecule has 2 nitrogen and oxygen atoms in total. The Hall–Kier alpha value is -0.370. The molecule has 0 aromatic carbocycles. The van der Waals surface area contributed by atoms with Crippen LogP contribution in [0.15, 0.2) is 0 Å². The highest BCUT2D eigenvalue weighted by Crippen LogP contribution is 2.35. The van der Waals surface area contributed by atoms with Gasteiger partial charge in [-0.2, -0.15) is 0 Å². The van der Waals surface area contributed by atoms with E-state index in [4.69, 9.17) is 0 Å². The molecule has 12 heavy (non-hydrogen) atoms. The van der Waals surface area contributed by atoms with Gasteiger partial charge < -0.3 is 4.90 Å². The summed E-state index contributed by atoms with van der Waals surface area (Å²) in [7, 11) is 4.06. The Morgan fingerprint density at radius 1 is 1.50 bits per heavy atom. The van der Waals surface area contributed by atoms with Gasteiger partial charge in [0.2, 0.25) is 0 Å². The number of carbonyl (C=O) groups excluding carboxylic acids is 1. The monoisotopic (exact) mass is 169 g/mol. The summed E-state index contributed by atoms with van der Waals surface area (Å²) in [4.78, 5) is 13.3. The zero-order chi connectivity index (χ0) is 9.14. The van der Waals surface area contributed by atoms with Crippen LogP contribution < -0.4 is 0 Å². The van der Waals surface area contributed by atoms with Crippen molar-refractivity contribution in [3.05, 3.63) is 0 Å². The average Bonchev–Trinajstić information content (AvgIpc) is 2.68. The van der Waals surface area contributed by atoms with Gasteiger partial charge in [0.15, 0.2) is 0 Å². The lowest BCUT2D eigenvalue weighted by atomic mass is 9.98. The molecule has 1 fully saturated rings. The molecule has 1 unspecified atom stereocenters. The van der Waals surface area contributed by atoms with Gasteiger partial charge in [-0.15, -0.1) is 0 Å². The smallest absolute Gasteiger partial charge is 0.134 e. The Morgan fingerprint density at radius 3 is 2.42 bits per heavy atom. The minimum absolute atomic E-state index is 0.285. The van der Waals surface area contributed by atoms with Gasteiger partial charge in [0.25, 0.3) is 0 Å². The van der Waals surface area contributed by atoms with Crippen LogP contribution in [0.2, 0.25) is 0 Å². The van der Waals surface area contributed by atoms with Crippen molar-refractivity contribution in [3.63, 3.8) is 0 Å². The van der Waals surface area contributed by atoms with Crippen LogP contribution in [-0.2, 0) is 4.79 Å². The lowest BCUT2D eigenvalue weighted by Gasteiger charge is -2.17. The molecule has 0 saturated heterocycles. The van der Waals surface area contributed by atoms with Crippen molar-refractivity contribution in [2.24, 2.45) is 11.8 Å². The number of ketones is 1. The molecule has 70 valence electrons. The van der Waals surface area contributed by atoms with Crippen LogP contribution >= 0.6 is 0 Å². The number of rotatable bonds is 5. The van der Waals surface area contributed by atoms with Crippen molar-refractivity contribution in [2.45, 2.75) is 26.2 Å². The Labute approximate surface area is 74.9 Å². The maximum Gasteiger partial charge on any atom is 0.134 e. The first-order chi connectivity index (χ1) is 5.59. The number of hydrogen-bond acceptors (Lipinski definition) is 2. The highest BCUT2D eigenvalue weighted by Gasteiger charge is 2.27. The van der Waals surface area contributed by atoms with E-state index in [1.165, 1.54) is 12.8 Å². The first-order valence-corrected chi connectivity index (χ1v) is 4.74. The van der Waals surface area contributed by atoms with Crippen LogP contribution in [0, 0.1) is 11.8 Å². The number of Topliss-reactive ketones (excluding diaryl/α,β-unsaturated/α-hetero) is 1. The van der Waals surface area contributed by atoms with Gasteiger partial charge in [0, 0.05) is 12.5 Å². The summed E-state index contributed by atoms with van der Waals surface area (Å²) in [6.07, 6.45) is 3.81. The van der Waals surface area contributed by atoms with Crippen molar-refractivity contribution in [3.8, 4) is 0 Å². The van der Waals surface area contributed by atoms with Crippen LogP contribution in [0.3, 0.4) is 0 Å². The quantitative estimate of drug-likeness (QED) is 0.622. The van der Waals surface area contributed by atoms with Gasteiger partial charge in [0.1, 0.15) is 5.78 Å². The van der Waals surface area contributed by atoms with Crippen molar-refractivity contribution in [1.29, 1.82) is 0 Å². The molecule has 0 spiro atoms. The maximum absolute atomic E-state index is 11.2. The van der Waals surface area contributed by atoms with Crippen molar-refractivity contribution in [1.82, 2.24) is 4.90 Å². The Balaban J connectivity index is 2.31. The second-order valence-corrected chi connectivity index (χ2v) is 4.25. The summed E-state index contributed by atoms with van der Waals surface area (Å²) < 4.78 is 0. The van der Waals surface area contributed by atoms with Gasteiger partial charge in [-0.1, -0.05) is 12.8 Å². The molecule has 0 N–H and O–H groups in total. The number of nitrogens with zero attached hydrogens (tertiary/aromatic N) is 1. The Morgan fingerprint density at radius 2 is 2.08 bits per heavy atom. The van der Waals surface area contributed by atoms with Crippen LogP contribution in [0.4, 0.5) is 0 Å². The number of hydrogen-bond donors (Lipinski definition) is 0. The minimum Gasteiger partial charge on any atom is -0.309 e. The molecule has 0 radical (unpaired) electrons. The van der Waals surface area contributed by atoms with E-state index in [2.05, 4.69) is 4.90 Å². The molecule has 0 bridgehead atoms. The van der Waals surface area contributed by atoms with Crippen LogP contribution in [0.25, 0.3) is 0 Å². The predicted molar refractivity (Wildman–Crippen MR) is 50.1 cm³/mol. The van der Waals surface area contributed by atoms with E-state index in [1.54, 1.807) is 6.92 Å². The molecule has 1 aliphatic carbocycles. The van der Waals surface area contributed by atoms with E-state index in [9.17, 15) is 4.79 Å². The fraction of sp³-hybridized carbons (Fsp3) is 0.900. The third-order valence-electron chi connectivity index (χ3n) is 2.48. The van der Waals surface area contributed by atoms with Gasteiger partial charge in [-0.3, -0.25) is 4.79 Å². The van der Waals surface area contributed by atoms with Gasteiger partial charge in [-0.05, 0) is 33.4 Å². The topological polar surface area (TPSA) is 20.3 Å². The zero-order valence-corrected chi connectivity index (χ0v) is 8.34. The first-order valence-electron chi connectivity index (χ1n) is 4.74. The SMILES string of the molecule is CC(=O)C(CC1CC1)CN(C)C. The molecule has 1 atom stereocenters. The largest absolute Gasteiger partial charge is 0.309 e. The van der Waals surface area contributed by atoms with Crippen molar-refractivity contribution in [2.75, 3.05) is 20.6 Å². The highest BCUT2D eigenvalue weighted by atomic mass is 16.1. The molecule has 0 aromatic heterocycles. The van der Waals surface area contributed by atoms with Crippen LogP contribution in [-0.4, -0.2) is 31.3 Å². The highest BCUT2D eigenvalue weighted by molar-refractivity contribution is 5.78. The summed E-state index contributed by atoms with van der Waals surface area (Å²) in [5, 5.41) is 0. The molecular weight excluding hydrogens is 150 g/mol. The Kier molecular flexibility index (Phi) is 3.27.